The number of anilines is 1. The van der Waals surface area contributed by atoms with E-state index in [1.165, 1.54) is 10.9 Å². The SMILES string of the molecule is O=C(NCc1ccccc1)c1cc(NCCc2c[nH]c3ccccc23)ccn1. The Labute approximate surface area is 163 Å². The third-order valence-corrected chi connectivity index (χ3v) is 4.69. The van der Waals surface area contributed by atoms with Crippen LogP contribution in [0.4, 0.5) is 5.69 Å². The molecule has 4 aromatic rings. The Hall–Kier alpha value is -3.60. The molecule has 0 radical (unpaired) electrons. The van der Waals surface area contributed by atoms with Crippen LogP contribution >= 0.6 is 0 Å². The Morgan fingerprint density at radius 2 is 1.82 bits per heavy atom. The van der Waals surface area contributed by atoms with E-state index in [1.54, 1.807) is 12.3 Å². The van der Waals surface area contributed by atoms with Crippen LogP contribution in [0.3, 0.4) is 0 Å². The van der Waals surface area contributed by atoms with Gasteiger partial charge in [-0.05, 0) is 35.7 Å². The fourth-order valence-electron chi connectivity index (χ4n) is 3.21. The largest absolute Gasteiger partial charge is 0.385 e. The van der Waals surface area contributed by atoms with E-state index in [1.807, 2.05) is 42.5 Å². The van der Waals surface area contributed by atoms with Gasteiger partial charge in [-0.2, -0.15) is 0 Å². The van der Waals surface area contributed by atoms with Crippen molar-refractivity contribution in [3.8, 4) is 0 Å². The molecule has 0 saturated carbocycles. The number of aromatic amines is 1. The van der Waals surface area contributed by atoms with Gasteiger partial charge in [-0.1, -0.05) is 48.5 Å². The van der Waals surface area contributed by atoms with E-state index < -0.39 is 0 Å². The molecule has 0 aliphatic carbocycles. The molecule has 3 N–H and O–H groups in total. The average molecular weight is 370 g/mol. The lowest BCUT2D eigenvalue weighted by atomic mass is 10.1. The van der Waals surface area contributed by atoms with Crippen molar-refractivity contribution in [2.75, 3.05) is 11.9 Å². The molecule has 4 rings (SSSR count). The summed E-state index contributed by atoms with van der Waals surface area (Å²) in [7, 11) is 0. The fourth-order valence-corrected chi connectivity index (χ4v) is 3.21. The zero-order chi connectivity index (χ0) is 19.2. The lowest BCUT2D eigenvalue weighted by Gasteiger charge is -2.08. The molecule has 28 heavy (non-hydrogen) atoms. The van der Waals surface area contributed by atoms with Crippen molar-refractivity contribution in [1.82, 2.24) is 15.3 Å². The van der Waals surface area contributed by atoms with Crippen molar-refractivity contribution < 1.29 is 4.79 Å². The number of carbonyl (C=O) groups excluding carboxylic acids is 1. The van der Waals surface area contributed by atoms with Gasteiger partial charge in [0, 0.05) is 42.1 Å². The predicted molar refractivity (Wildman–Crippen MR) is 112 cm³/mol. The van der Waals surface area contributed by atoms with Gasteiger partial charge in [-0.15, -0.1) is 0 Å². The Bertz CT molecular complexity index is 1070. The van der Waals surface area contributed by atoms with Crippen LogP contribution in [0.2, 0.25) is 0 Å². The summed E-state index contributed by atoms with van der Waals surface area (Å²) in [5.41, 5.74) is 4.79. The molecule has 5 heteroatoms. The molecular formula is C23H22N4O. The first-order valence-electron chi connectivity index (χ1n) is 9.36. The van der Waals surface area contributed by atoms with Gasteiger partial charge in [0.25, 0.3) is 5.91 Å². The maximum atomic E-state index is 12.4. The monoisotopic (exact) mass is 370 g/mol. The predicted octanol–water partition coefficient (Wildman–Crippen LogP) is 4.15. The molecular weight excluding hydrogens is 348 g/mol. The quantitative estimate of drug-likeness (QED) is 0.458. The van der Waals surface area contributed by atoms with Gasteiger partial charge < -0.3 is 15.6 Å². The molecule has 2 aromatic heterocycles. The maximum absolute atomic E-state index is 12.4. The Morgan fingerprint density at radius 1 is 1.00 bits per heavy atom. The molecule has 0 spiro atoms. The number of nitrogens with zero attached hydrogens (tertiary/aromatic N) is 1. The van der Waals surface area contributed by atoms with E-state index >= 15 is 0 Å². The maximum Gasteiger partial charge on any atom is 0.270 e. The number of nitrogens with one attached hydrogen (secondary N) is 3. The molecule has 0 unspecified atom stereocenters. The van der Waals surface area contributed by atoms with Gasteiger partial charge in [0.05, 0.1) is 0 Å². The number of fused-ring (bicyclic) bond motifs is 1. The number of para-hydroxylation sites is 1. The second-order valence-corrected chi connectivity index (χ2v) is 6.63. The second-order valence-electron chi connectivity index (χ2n) is 6.63. The van der Waals surface area contributed by atoms with Gasteiger partial charge in [0.1, 0.15) is 5.69 Å². The van der Waals surface area contributed by atoms with Crippen LogP contribution in [0, 0.1) is 0 Å². The molecule has 0 saturated heterocycles. The molecule has 2 heterocycles. The summed E-state index contributed by atoms with van der Waals surface area (Å²) in [5.74, 6) is -0.177. The average Bonchev–Trinajstić information content (AvgIpc) is 3.16. The highest BCUT2D eigenvalue weighted by Crippen LogP contribution is 2.18. The normalized spacial score (nSPS) is 10.7. The van der Waals surface area contributed by atoms with Crippen molar-refractivity contribution in [2.24, 2.45) is 0 Å². The summed E-state index contributed by atoms with van der Waals surface area (Å²) in [6.45, 7) is 1.26. The van der Waals surface area contributed by atoms with Crippen molar-refractivity contribution in [1.29, 1.82) is 0 Å². The minimum absolute atomic E-state index is 0.177. The van der Waals surface area contributed by atoms with E-state index in [0.717, 1.165) is 29.7 Å². The number of hydrogen-bond donors (Lipinski definition) is 3. The number of amides is 1. The number of pyridine rings is 1. The first kappa shape index (κ1) is 17.8. The molecule has 1 amide bonds. The van der Waals surface area contributed by atoms with Crippen molar-refractivity contribution in [3.05, 3.63) is 95.9 Å². The molecule has 0 bridgehead atoms. The smallest absolute Gasteiger partial charge is 0.270 e. The summed E-state index contributed by atoms with van der Waals surface area (Å²) in [6.07, 6.45) is 4.61. The topological polar surface area (TPSA) is 69.8 Å². The molecule has 5 nitrogen and oxygen atoms in total. The van der Waals surface area contributed by atoms with Gasteiger partial charge in [0.15, 0.2) is 0 Å². The molecule has 0 aliphatic rings. The van der Waals surface area contributed by atoms with Gasteiger partial charge in [-0.25, -0.2) is 0 Å². The van der Waals surface area contributed by atoms with Crippen molar-refractivity contribution in [2.45, 2.75) is 13.0 Å². The minimum atomic E-state index is -0.177. The van der Waals surface area contributed by atoms with Crippen molar-refractivity contribution in [3.63, 3.8) is 0 Å². The van der Waals surface area contributed by atoms with Crippen LogP contribution in [0.1, 0.15) is 21.6 Å². The van der Waals surface area contributed by atoms with E-state index in [-0.39, 0.29) is 5.91 Å². The lowest BCUT2D eigenvalue weighted by molar-refractivity contribution is 0.0946. The highest BCUT2D eigenvalue weighted by atomic mass is 16.1. The Balaban J connectivity index is 1.33. The van der Waals surface area contributed by atoms with Gasteiger partial charge >= 0.3 is 0 Å². The standard InChI is InChI=1S/C23H22N4O/c28-23(27-15-17-6-2-1-3-7-17)22-14-19(11-13-25-22)24-12-10-18-16-26-21-9-5-4-8-20(18)21/h1-9,11,13-14,16,26H,10,12,15H2,(H,24,25)(H,27,28). The van der Waals surface area contributed by atoms with E-state index in [9.17, 15) is 4.79 Å². The number of rotatable bonds is 7. The molecule has 2 aromatic carbocycles. The zero-order valence-electron chi connectivity index (χ0n) is 15.5. The first-order chi connectivity index (χ1) is 13.8. The molecule has 140 valence electrons. The van der Waals surface area contributed by atoms with Crippen LogP contribution in [-0.2, 0) is 13.0 Å². The highest BCUT2D eigenvalue weighted by Gasteiger charge is 2.08. The Kier molecular flexibility index (Phi) is 5.33. The minimum Gasteiger partial charge on any atom is -0.385 e. The lowest BCUT2D eigenvalue weighted by Crippen LogP contribution is -2.23. The summed E-state index contributed by atoms with van der Waals surface area (Å²) >= 11 is 0. The fraction of sp³-hybridized carbons (Fsp3) is 0.130. The number of benzene rings is 2. The van der Waals surface area contributed by atoms with Crippen LogP contribution in [0.5, 0.6) is 0 Å². The van der Waals surface area contributed by atoms with Crippen molar-refractivity contribution >= 4 is 22.5 Å². The summed E-state index contributed by atoms with van der Waals surface area (Å²) in [4.78, 5) is 19.9. The summed E-state index contributed by atoms with van der Waals surface area (Å²) < 4.78 is 0. The number of H-pyrrole nitrogens is 1. The second kappa shape index (κ2) is 8.39. The number of aromatic nitrogens is 2. The summed E-state index contributed by atoms with van der Waals surface area (Å²) in [5, 5.41) is 7.54. The van der Waals surface area contributed by atoms with Crippen LogP contribution in [0.25, 0.3) is 10.9 Å². The zero-order valence-corrected chi connectivity index (χ0v) is 15.5. The van der Waals surface area contributed by atoms with Gasteiger partial charge in [-0.3, -0.25) is 9.78 Å². The van der Waals surface area contributed by atoms with Gasteiger partial charge in [0.2, 0.25) is 0 Å². The molecule has 0 atom stereocenters. The summed E-state index contributed by atoms with van der Waals surface area (Å²) in [6, 6.07) is 21.8. The first-order valence-corrected chi connectivity index (χ1v) is 9.36. The number of carbonyl (C=O) groups is 1. The number of hydrogen-bond acceptors (Lipinski definition) is 3. The van der Waals surface area contributed by atoms with Crippen LogP contribution in [0.15, 0.2) is 79.1 Å². The van der Waals surface area contributed by atoms with Crippen LogP contribution in [-0.4, -0.2) is 22.4 Å². The van der Waals surface area contributed by atoms with E-state index in [4.69, 9.17) is 0 Å². The highest BCUT2D eigenvalue weighted by molar-refractivity contribution is 5.93. The molecule has 0 aliphatic heterocycles. The Morgan fingerprint density at radius 3 is 2.71 bits per heavy atom. The van der Waals surface area contributed by atoms with Crippen LogP contribution < -0.4 is 10.6 Å². The molecule has 0 fully saturated rings. The van der Waals surface area contributed by atoms with E-state index in [0.29, 0.717) is 12.2 Å². The third kappa shape index (κ3) is 4.20. The third-order valence-electron chi connectivity index (χ3n) is 4.69. The van der Waals surface area contributed by atoms with E-state index in [2.05, 4.69) is 45.0 Å².